The van der Waals surface area contributed by atoms with E-state index in [9.17, 15) is 24.3 Å². The highest BCUT2D eigenvalue weighted by Gasteiger charge is 2.71. The summed E-state index contributed by atoms with van der Waals surface area (Å²) in [5.41, 5.74) is -1.33. The average molecular weight is 490 g/mol. The number of amides is 3. The number of nitrogens with zero attached hydrogens (tertiary/aromatic N) is 2. The lowest BCUT2D eigenvalue weighted by atomic mass is 9.78. The molecule has 192 valence electrons. The maximum absolute atomic E-state index is 13.9. The minimum Gasteiger partial charge on any atom is -0.460 e. The molecule has 3 amide bonds. The Kier molecular flexibility index (Phi) is 7.32. The van der Waals surface area contributed by atoms with Crippen LogP contribution in [0.25, 0.3) is 0 Å². The topological polar surface area (TPSA) is 125 Å². The molecule has 4 aliphatic rings. The van der Waals surface area contributed by atoms with Crippen LogP contribution in [0.3, 0.4) is 0 Å². The smallest absolute Gasteiger partial charge is 0.313 e. The summed E-state index contributed by atoms with van der Waals surface area (Å²) < 4.78 is 12.2. The Morgan fingerprint density at radius 1 is 1.20 bits per heavy atom. The van der Waals surface area contributed by atoms with Crippen LogP contribution < -0.4 is 5.32 Å². The zero-order chi connectivity index (χ0) is 25.3. The molecule has 2 saturated heterocycles. The highest BCUT2D eigenvalue weighted by atomic mass is 16.6. The van der Waals surface area contributed by atoms with Crippen molar-refractivity contribution < 1.29 is 33.8 Å². The maximum Gasteiger partial charge on any atom is 0.313 e. The number of hydrogen-bond acceptors (Lipinski definition) is 7. The van der Waals surface area contributed by atoms with Crippen molar-refractivity contribution in [3.8, 4) is 0 Å². The third kappa shape index (κ3) is 4.49. The Balaban J connectivity index is 1.78. The van der Waals surface area contributed by atoms with E-state index in [0.29, 0.717) is 19.4 Å². The zero-order valence-corrected chi connectivity index (χ0v) is 20.5. The molecule has 0 aromatic carbocycles. The number of rotatable bonds is 4. The largest absolute Gasteiger partial charge is 0.460 e. The predicted octanol–water partition coefficient (Wildman–Crippen LogP) is 0.154. The average Bonchev–Trinajstić information content (AvgIpc) is 3.18. The third-order valence-corrected chi connectivity index (χ3v) is 7.25. The van der Waals surface area contributed by atoms with Crippen LogP contribution in [0.5, 0.6) is 0 Å². The fourth-order valence-corrected chi connectivity index (χ4v) is 5.63. The normalized spacial score (nSPS) is 36.5. The van der Waals surface area contributed by atoms with Crippen molar-refractivity contribution in [1.82, 2.24) is 15.1 Å². The van der Waals surface area contributed by atoms with E-state index in [4.69, 9.17) is 9.47 Å². The molecule has 6 atom stereocenters. The molecule has 10 heteroatoms. The SMILES string of the molecule is CC(C)N1CC=C[C@@]23O[C@H]4/C=C\CCC(=O)NC[C@H](C)OC(=O)[C@H]4[C@@H]2C(=O)N(CCCO)[C@H]3C1=O. The lowest BCUT2D eigenvalue weighted by Crippen LogP contribution is -2.56. The van der Waals surface area contributed by atoms with E-state index >= 15 is 0 Å². The van der Waals surface area contributed by atoms with Gasteiger partial charge in [0.15, 0.2) is 0 Å². The number of allylic oxidation sites excluding steroid dienone is 1. The summed E-state index contributed by atoms with van der Waals surface area (Å²) in [5, 5.41) is 12.2. The van der Waals surface area contributed by atoms with Gasteiger partial charge in [0.2, 0.25) is 17.7 Å². The van der Waals surface area contributed by atoms with Crippen LogP contribution in [0.4, 0.5) is 0 Å². The summed E-state index contributed by atoms with van der Waals surface area (Å²) in [7, 11) is 0. The molecule has 4 rings (SSSR count). The summed E-state index contributed by atoms with van der Waals surface area (Å²) in [6, 6.07) is -1.04. The molecule has 0 aromatic heterocycles. The molecule has 4 heterocycles. The molecule has 0 saturated carbocycles. The highest BCUT2D eigenvalue weighted by molar-refractivity contribution is 5.99. The van der Waals surface area contributed by atoms with Crippen molar-refractivity contribution in [1.29, 1.82) is 0 Å². The van der Waals surface area contributed by atoms with Crippen molar-refractivity contribution >= 4 is 23.7 Å². The number of carbonyl (C=O) groups is 4. The molecule has 1 spiro atoms. The second-order valence-electron chi connectivity index (χ2n) is 9.96. The number of nitrogens with one attached hydrogen (secondary N) is 1. The van der Waals surface area contributed by atoms with Crippen molar-refractivity contribution in [2.24, 2.45) is 11.8 Å². The molecule has 0 aliphatic carbocycles. The third-order valence-electron chi connectivity index (χ3n) is 7.25. The van der Waals surface area contributed by atoms with Crippen LogP contribution in [0.2, 0.25) is 0 Å². The molecule has 0 radical (unpaired) electrons. The van der Waals surface area contributed by atoms with E-state index < -0.39 is 41.7 Å². The molecule has 0 aromatic rings. The van der Waals surface area contributed by atoms with Gasteiger partial charge in [-0.25, -0.2) is 0 Å². The molecule has 10 nitrogen and oxygen atoms in total. The van der Waals surface area contributed by atoms with Gasteiger partial charge in [-0.3, -0.25) is 19.2 Å². The zero-order valence-electron chi connectivity index (χ0n) is 20.5. The number of fused-ring (bicyclic) bond motifs is 2. The monoisotopic (exact) mass is 489 g/mol. The van der Waals surface area contributed by atoms with Crippen LogP contribution in [-0.2, 0) is 28.7 Å². The first-order valence-electron chi connectivity index (χ1n) is 12.4. The van der Waals surface area contributed by atoms with Gasteiger partial charge < -0.3 is 29.7 Å². The van der Waals surface area contributed by atoms with Gasteiger partial charge >= 0.3 is 5.97 Å². The van der Waals surface area contributed by atoms with E-state index in [1.165, 1.54) is 4.90 Å². The summed E-state index contributed by atoms with van der Waals surface area (Å²) in [4.78, 5) is 56.3. The second-order valence-corrected chi connectivity index (χ2v) is 9.96. The number of aliphatic hydroxyl groups excluding tert-OH is 1. The van der Waals surface area contributed by atoms with Crippen LogP contribution in [0, 0.1) is 11.8 Å². The first-order chi connectivity index (χ1) is 16.7. The number of ether oxygens (including phenoxy) is 2. The number of hydrogen-bond donors (Lipinski definition) is 2. The summed E-state index contributed by atoms with van der Waals surface area (Å²) in [5.74, 6) is -3.20. The first-order valence-corrected chi connectivity index (χ1v) is 12.4. The van der Waals surface area contributed by atoms with Gasteiger partial charge in [0.1, 0.15) is 23.7 Å². The van der Waals surface area contributed by atoms with Gasteiger partial charge in [-0.15, -0.1) is 0 Å². The lowest BCUT2D eigenvalue weighted by molar-refractivity contribution is -0.159. The molecule has 4 aliphatic heterocycles. The van der Waals surface area contributed by atoms with Crippen LogP contribution in [0.1, 0.15) is 40.0 Å². The number of carbonyl (C=O) groups excluding carboxylic acids is 4. The molecule has 0 unspecified atom stereocenters. The number of esters is 1. The molecule has 0 bridgehead atoms. The molecular weight excluding hydrogens is 454 g/mol. The maximum atomic E-state index is 13.9. The molecule has 2 fully saturated rings. The minimum absolute atomic E-state index is 0.0958. The Hall–Kier alpha value is -2.72. The summed E-state index contributed by atoms with van der Waals surface area (Å²) >= 11 is 0. The number of cyclic esters (lactones) is 1. The van der Waals surface area contributed by atoms with E-state index in [0.717, 1.165) is 0 Å². The van der Waals surface area contributed by atoms with Crippen molar-refractivity contribution in [2.45, 2.75) is 69.9 Å². The highest BCUT2D eigenvalue weighted by Crippen LogP contribution is 2.53. The Labute approximate surface area is 205 Å². The van der Waals surface area contributed by atoms with Gasteiger partial charge in [-0.05, 0) is 33.6 Å². The Morgan fingerprint density at radius 2 is 1.97 bits per heavy atom. The van der Waals surface area contributed by atoms with Gasteiger partial charge in [-0.2, -0.15) is 0 Å². The van der Waals surface area contributed by atoms with Crippen LogP contribution in [-0.4, -0.2) is 94.7 Å². The van der Waals surface area contributed by atoms with Gasteiger partial charge in [0, 0.05) is 32.2 Å². The van der Waals surface area contributed by atoms with Gasteiger partial charge in [-0.1, -0.05) is 24.3 Å². The summed E-state index contributed by atoms with van der Waals surface area (Å²) in [6.45, 7) is 6.09. The fraction of sp³-hybridized carbons (Fsp3) is 0.680. The van der Waals surface area contributed by atoms with Crippen LogP contribution >= 0.6 is 0 Å². The Bertz CT molecular complexity index is 932. The quantitative estimate of drug-likeness (QED) is 0.425. The molecule has 35 heavy (non-hydrogen) atoms. The predicted molar refractivity (Wildman–Crippen MR) is 125 cm³/mol. The minimum atomic E-state index is -1.33. The lowest BCUT2D eigenvalue weighted by Gasteiger charge is -2.36. The van der Waals surface area contributed by atoms with Gasteiger partial charge in [0.25, 0.3) is 0 Å². The van der Waals surface area contributed by atoms with Gasteiger partial charge in [0.05, 0.1) is 18.6 Å². The fourth-order valence-electron chi connectivity index (χ4n) is 5.63. The second kappa shape index (κ2) is 10.1. The van der Waals surface area contributed by atoms with E-state index in [2.05, 4.69) is 5.32 Å². The van der Waals surface area contributed by atoms with E-state index in [1.54, 1.807) is 30.1 Å². The standard InChI is InChI=1S/C25H35N3O7/c1-15(2)27-11-6-10-25-20(22(31)28(12-7-13-29)21(25)23(27)32)19-17(35-25)8-4-5-9-18(30)26-14-16(3)34-24(19)33/h4,6,8,10,15-17,19-21,29H,5,7,9,11-14H2,1-3H3,(H,26,30)/b8-4-/t16-,17-,19+,20+,21-,25+/m0/s1. The van der Waals surface area contributed by atoms with E-state index in [1.807, 2.05) is 19.9 Å². The first kappa shape index (κ1) is 25.4. The number of likely N-dealkylation sites (tertiary alicyclic amines) is 1. The molecular formula is C25H35N3O7. The van der Waals surface area contributed by atoms with Crippen molar-refractivity contribution in [2.75, 3.05) is 26.2 Å². The summed E-state index contributed by atoms with van der Waals surface area (Å²) in [6.07, 6.45) is 6.77. The Morgan fingerprint density at radius 3 is 2.69 bits per heavy atom. The van der Waals surface area contributed by atoms with Crippen LogP contribution in [0.15, 0.2) is 24.3 Å². The number of aliphatic hydroxyl groups is 1. The van der Waals surface area contributed by atoms with Crippen molar-refractivity contribution in [3.63, 3.8) is 0 Å². The van der Waals surface area contributed by atoms with Crippen molar-refractivity contribution in [3.05, 3.63) is 24.3 Å². The molecule has 2 N–H and O–H groups in total. The van der Waals surface area contributed by atoms with E-state index in [-0.39, 0.29) is 49.9 Å².